The van der Waals surface area contributed by atoms with E-state index in [0.29, 0.717) is 6.54 Å². The molecule has 14 heavy (non-hydrogen) atoms. The first-order valence-corrected chi connectivity index (χ1v) is 4.78. The minimum atomic E-state index is -0.0999. The molecule has 0 aromatic heterocycles. The molecule has 0 fully saturated rings. The highest BCUT2D eigenvalue weighted by molar-refractivity contribution is 5.98. The van der Waals surface area contributed by atoms with Gasteiger partial charge in [-0.2, -0.15) is 0 Å². The number of carbonyl (C=O) groups excluding carboxylic acids is 1. The Morgan fingerprint density at radius 2 is 2.14 bits per heavy atom. The van der Waals surface area contributed by atoms with Crippen LogP contribution in [0.5, 0.6) is 0 Å². The molecule has 0 spiro atoms. The van der Waals surface area contributed by atoms with E-state index in [1.807, 2.05) is 20.8 Å². The Balaban J connectivity index is 4.29. The van der Waals surface area contributed by atoms with Crippen LogP contribution in [-0.4, -0.2) is 34.4 Å². The van der Waals surface area contributed by atoms with E-state index in [-0.39, 0.29) is 24.2 Å². The van der Waals surface area contributed by atoms with E-state index in [9.17, 15) is 4.79 Å². The van der Waals surface area contributed by atoms with Crippen LogP contribution in [0.25, 0.3) is 0 Å². The summed E-state index contributed by atoms with van der Waals surface area (Å²) < 4.78 is 0. The molecule has 0 aliphatic heterocycles. The normalized spacial score (nSPS) is 11.9. The average molecular weight is 201 g/mol. The van der Waals surface area contributed by atoms with E-state index in [2.05, 4.69) is 5.16 Å². The summed E-state index contributed by atoms with van der Waals surface area (Å²) >= 11 is 0. The number of amidine groups is 1. The Hall–Kier alpha value is -1.26. The van der Waals surface area contributed by atoms with Crippen molar-refractivity contribution in [1.29, 1.82) is 0 Å². The van der Waals surface area contributed by atoms with Crippen LogP contribution >= 0.6 is 0 Å². The second kappa shape index (κ2) is 6.23. The van der Waals surface area contributed by atoms with Crippen LogP contribution in [0, 0.1) is 0 Å². The molecule has 0 rings (SSSR count). The average Bonchev–Trinajstić information content (AvgIpc) is 2.13. The van der Waals surface area contributed by atoms with Crippen molar-refractivity contribution < 1.29 is 10.0 Å². The molecule has 5 heteroatoms. The summed E-state index contributed by atoms with van der Waals surface area (Å²) in [6, 6.07) is 0.147. The van der Waals surface area contributed by atoms with Crippen molar-refractivity contribution in [3.05, 3.63) is 0 Å². The van der Waals surface area contributed by atoms with Gasteiger partial charge < -0.3 is 15.8 Å². The largest absolute Gasteiger partial charge is 0.409 e. The second-order valence-electron chi connectivity index (χ2n) is 3.45. The lowest BCUT2D eigenvalue weighted by molar-refractivity contribution is -0.131. The molecule has 0 saturated heterocycles. The van der Waals surface area contributed by atoms with E-state index in [0.717, 1.165) is 6.42 Å². The molecular formula is C9H19N3O2. The van der Waals surface area contributed by atoms with Crippen molar-refractivity contribution in [2.24, 2.45) is 10.9 Å². The molecule has 0 aromatic carbocycles. The van der Waals surface area contributed by atoms with Crippen LogP contribution in [0.3, 0.4) is 0 Å². The number of rotatable bonds is 5. The van der Waals surface area contributed by atoms with Gasteiger partial charge in [-0.25, -0.2) is 0 Å². The molecule has 5 nitrogen and oxygen atoms in total. The molecule has 1 amide bonds. The molecule has 0 bridgehead atoms. The fourth-order valence-corrected chi connectivity index (χ4v) is 1.20. The number of oxime groups is 1. The predicted octanol–water partition coefficient (Wildman–Crippen LogP) is 0.770. The number of hydrogen-bond donors (Lipinski definition) is 2. The third-order valence-electron chi connectivity index (χ3n) is 1.87. The fourth-order valence-electron chi connectivity index (χ4n) is 1.20. The van der Waals surface area contributed by atoms with Gasteiger partial charge in [-0.3, -0.25) is 4.79 Å². The van der Waals surface area contributed by atoms with Crippen LogP contribution in [0.2, 0.25) is 0 Å². The molecule has 3 N–H and O–H groups in total. The molecule has 0 aliphatic rings. The number of nitrogens with two attached hydrogens (primary N) is 1. The highest BCUT2D eigenvalue weighted by Gasteiger charge is 2.16. The minimum absolute atomic E-state index is 0.0192. The lowest BCUT2D eigenvalue weighted by atomic mass is 10.2. The summed E-state index contributed by atoms with van der Waals surface area (Å²) in [5.41, 5.74) is 5.26. The Labute approximate surface area is 84.6 Å². The van der Waals surface area contributed by atoms with Gasteiger partial charge in [0.25, 0.3) is 0 Å². The SMILES string of the molecule is CCCN(C(=O)C/C(N)=N/O)C(C)C. The molecular weight excluding hydrogens is 182 g/mol. The molecule has 0 heterocycles. The van der Waals surface area contributed by atoms with Crippen molar-refractivity contribution in [3.8, 4) is 0 Å². The highest BCUT2D eigenvalue weighted by atomic mass is 16.4. The van der Waals surface area contributed by atoms with Crippen molar-refractivity contribution in [2.45, 2.75) is 39.7 Å². The van der Waals surface area contributed by atoms with Gasteiger partial charge in [0.1, 0.15) is 5.84 Å². The highest BCUT2D eigenvalue weighted by Crippen LogP contribution is 2.02. The number of nitrogens with zero attached hydrogens (tertiary/aromatic N) is 2. The smallest absolute Gasteiger partial charge is 0.230 e. The van der Waals surface area contributed by atoms with Gasteiger partial charge in [0.2, 0.25) is 5.91 Å². The van der Waals surface area contributed by atoms with Crippen LogP contribution in [0.15, 0.2) is 5.16 Å². The zero-order chi connectivity index (χ0) is 11.1. The van der Waals surface area contributed by atoms with E-state index < -0.39 is 0 Å². The Kier molecular flexibility index (Phi) is 5.67. The minimum Gasteiger partial charge on any atom is -0.409 e. The Bertz CT molecular complexity index is 214. The monoisotopic (exact) mass is 201 g/mol. The lowest BCUT2D eigenvalue weighted by Crippen LogP contribution is -2.39. The summed E-state index contributed by atoms with van der Waals surface area (Å²) in [5.74, 6) is -0.145. The molecule has 0 aliphatic carbocycles. The van der Waals surface area contributed by atoms with Gasteiger partial charge in [-0.1, -0.05) is 12.1 Å². The van der Waals surface area contributed by atoms with Crippen molar-refractivity contribution >= 4 is 11.7 Å². The molecule has 0 atom stereocenters. The van der Waals surface area contributed by atoms with Gasteiger partial charge in [-0.05, 0) is 20.3 Å². The van der Waals surface area contributed by atoms with Crippen LogP contribution in [0.1, 0.15) is 33.6 Å². The Morgan fingerprint density at radius 3 is 2.50 bits per heavy atom. The van der Waals surface area contributed by atoms with Crippen molar-refractivity contribution in [2.75, 3.05) is 6.54 Å². The van der Waals surface area contributed by atoms with Gasteiger partial charge in [0, 0.05) is 12.6 Å². The number of hydrogen-bond acceptors (Lipinski definition) is 3. The maximum absolute atomic E-state index is 11.6. The molecule has 82 valence electrons. The first kappa shape index (κ1) is 12.7. The summed E-state index contributed by atoms with van der Waals surface area (Å²) in [6.45, 7) is 6.60. The van der Waals surface area contributed by atoms with E-state index >= 15 is 0 Å². The van der Waals surface area contributed by atoms with Gasteiger partial charge in [0.05, 0.1) is 6.42 Å². The van der Waals surface area contributed by atoms with Crippen LogP contribution < -0.4 is 5.73 Å². The van der Waals surface area contributed by atoms with Gasteiger partial charge >= 0.3 is 0 Å². The third-order valence-corrected chi connectivity index (χ3v) is 1.87. The fraction of sp³-hybridized carbons (Fsp3) is 0.778. The number of carbonyl (C=O) groups is 1. The summed E-state index contributed by atoms with van der Waals surface area (Å²) in [6.07, 6.45) is 0.884. The maximum Gasteiger partial charge on any atom is 0.230 e. The summed E-state index contributed by atoms with van der Waals surface area (Å²) in [4.78, 5) is 13.3. The van der Waals surface area contributed by atoms with E-state index in [1.165, 1.54) is 0 Å². The van der Waals surface area contributed by atoms with Crippen LogP contribution in [-0.2, 0) is 4.79 Å². The molecule has 0 radical (unpaired) electrons. The topological polar surface area (TPSA) is 78.9 Å². The molecule has 0 unspecified atom stereocenters. The van der Waals surface area contributed by atoms with Crippen LogP contribution in [0.4, 0.5) is 0 Å². The standard InChI is InChI=1S/C9H19N3O2/c1-4-5-12(7(2)3)9(13)6-8(10)11-14/h7,14H,4-6H2,1-3H3,(H2,10,11). The van der Waals surface area contributed by atoms with E-state index in [4.69, 9.17) is 10.9 Å². The zero-order valence-electron chi connectivity index (χ0n) is 9.03. The summed E-state index contributed by atoms with van der Waals surface area (Å²) in [5, 5.41) is 11.1. The third kappa shape index (κ3) is 4.11. The maximum atomic E-state index is 11.6. The predicted molar refractivity (Wildman–Crippen MR) is 55.2 cm³/mol. The van der Waals surface area contributed by atoms with Crippen molar-refractivity contribution in [1.82, 2.24) is 4.90 Å². The second-order valence-corrected chi connectivity index (χ2v) is 3.45. The van der Waals surface area contributed by atoms with Gasteiger partial charge in [0.15, 0.2) is 0 Å². The molecule has 0 saturated carbocycles. The zero-order valence-corrected chi connectivity index (χ0v) is 9.03. The Morgan fingerprint density at radius 1 is 1.57 bits per heavy atom. The quantitative estimate of drug-likeness (QED) is 0.298. The molecule has 0 aromatic rings. The first-order valence-electron chi connectivity index (χ1n) is 4.78. The first-order chi connectivity index (χ1) is 6.52. The lowest BCUT2D eigenvalue weighted by Gasteiger charge is -2.26. The summed E-state index contributed by atoms with van der Waals surface area (Å²) in [7, 11) is 0. The van der Waals surface area contributed by atoms with Gasteiger partial charge in [-0.15, -0.1) is 0 Å². The number of amides is 1. The van der Waals surface area contributed by atoms with E-state index in [1.54, 1.807) is 4.90 Å². The van der Waals surface area contributed by atoms with Crippen molar-refractivity contribution in [3.63, 3.8) is 0 Å².